The smallest absolute Gasteiger partial charge is 0.395 e. The molecule has 1 N–H and O–H groups in total. The van der Waals surface area contributed by atoms with Crippen LogP contribution in [0.4, 0.5) is 19.0 Å². The topological polar surface area (TPSA) is 119 Å². The van der Waals surface area contributed by atoms with E-state index in [2.05, 4.69) is 4.74 Å². The van der Waals surface area contributed by atoms with Crippen LogP contribution in [-0.2, 0) is 9.05 Å². The van der Waals surface area contributed by atoms with E-state index in [0.717, 1.165) is 0 Å². The second-order valence-corrected chi connectivity index (χ2v) is 5.45. The Hall–Kier alpha value is -1.82. The van der Waals surface area contributed by atoms with Gasteiger partial charge in [0.2, 0.25) is 5.75 Å². The SMILES string of the molecule is O=c1cc(S(=O)(=O)Cl)c(OC(F)(F)F)c([N+](=O)[O-])[nH]1. The Bertz CT molecular complexity index is 681. The molecule has 0 fully saturated rings. The fourth-order valence-electron chi connectivity index (χ4n) is 1.03. The molecule has 1 aromatic rings. The van der Waals surface area contributed by atoms with Gasteiger partial charge in [-0.25, -0.2) is 18.2 Å². The maximum absolute atomic E-state index is 12.1. The number of pyridine rings is 1. The van der Waals surface area contributed by atoms with E-state index in [0.29, 0.717) is 0 Å². The highest BCUT2D eigenvalue weighted by molar-refractivity contribution is 8.13. The first-order valence-electron chi connectivity index (χ1n) is 4.04. The lowest BCUT2D eigenvalue weighted by atomic mass is 10.4. The summed E-state index contributed by atoms with van der Waals surface area (Å²) < 4.78 is 61.5. The Morgan fingerprint density at radius 1 is 1.42 bits per heavy atom. The van der Waals surface area contributed by atoms with E-state index in [1.807, 2.05) is 0 Å². The Labute approximate surface area is 106 Å². The van der Waals surface area contributed by atoms with Gasteiger partial charge in [-0.2, -0.15) is 0 Å². The Morgan fingerprint density at radius 2 is 1.95 bits per heavy atom. The minimum atomic E-state index is -5.42. The molecular formula is C6H2ClF3N2O6S. The third-order valence-electron chi connectivity index (χ3n) is 1.61. The number of rotatable bonds is 3. The van der Waals surface area contributed by atoms with Gasteiger partial charge < -0.3 is 14.9 Å². The molecule has 8 nitrogen and oxygen atoms in total. The molecule has 1 rings (SSSR count). The van der Waals surface area contributed by atoms with Crippen LogP contribution < -0.4 is 10.3 Å². The largest absolute Gasteiger partial charge is 0.573 e. The molecule has 0 unspecified atom stereocenters. The molecule has 0 radical (unpaired) electrons. The van der Waals surface area contributed by atoms with Gasteiger partial charge in [-0.05, 0) is 4.92 Å². The number of hydrogen-bond donors (Lipinski definition) is 1. The number of nitrogens with zero attached hydrogens (tertiary/aromatic N) is 1. The molecule has 0 aromatic carbocycles. The van der Waals surface area contributed by atoms with Crippen molar-refractivity contribution >= 4 is 25.6 Å². The predicted molar refractivity (Wildman–Crippen MR) is 53.4 cm³/mol. The number of halogens is 4. The standard InChI is InChI=1S/C6H2ClF3N2O6S/c7-19(16,17)2-1-3(13)11-5(12(14)15)4(2)18-6(8,9)10/h1H,(H,11,13). The summed E-state index contributed by atoms with van der Waals surface area (Å²) in [6.07, 6.45) is -5.42. The lowest BCUT2D eigenvalue weighted by Crippen LogP contribution is -2.22. The van der Waals surface area contributed by atoms with Gasteiger partial charge in [0.1, 0.15) is 4.90 Å². The number of nitro groups is 1. The lowest BCUT2D eigenvalue weighted by Gasteiger charge is -2.11. The van der Waals surface area contributed by atoms with Crippen molar-refractivity contribution in [3.05, 3.63) is 26.5 Å². The Balaban J connectivity index is 3.72. The van der Waals surface area contributed by atoms with E-state index in [4.69, 9.17) is 10.7 Å². The number of H-pyrrole nitrogens is 1. The first kappa shape index (κ1) is 15.2. The zero-order valence-corrected chi connectivity index (χ0v) is 9.97. The number of ether oxygens (including phenoxy) is 1. The van der Waals surface area contributed by atoms with Gasteiger partial charge in [-0.1, -0.05) is 0 Å². The summed E-state index contributed by atoms with van der Waals surface area (Å²) in [7, 11) is -0.0709. The minimum absolute atomic E-state index is 0.135. The normalized spacial score (nSPS) is 12.2. The lowest BCUT2D eigenvalue weighted by molar-refractivity contribution is -0.393. The zero-order chi connectivity index (χ0) is 15.0. The summed E-state index contributed by atoms with van der Waals surface area (Å²) in [6.45, 7) is 0. The van der Waals surface area contributed by atoms with Crippen molar-refractivity contribution in [2.45, 2.75) is 11.3 Å². The van der Waals surface area contributed by atoms with Crippen LogP contribution in [0.3, 0.4) is 0 Å². The van der Waals surface area contributed by atoms with Crippen molar-refractivity contribution in [1.82, 2.24) is 4.98 Å². The predicted octanol–water partition coefficient (Wildman–Crippen LogP) is 1.11. The molecule has 1 aromatic heterocycles. The highest BCUT2D eigenvalue weighted by Gasteiger charge is 2.38. The maximum atomic E-state index is 12.1. The summed E-state index contributed by atoms with van der Waals surface area (Å²) in [5.41, 5.74) is -1.33. The molecule has 0 bridgehead atoms. The second kappa shape index (κ2) is 4.70. The third-order valence-corrected chi connectivity index (χ3v) is 2.93. The summed E-state index contributed by atoms with van der Waals surface area (Å²) in [6, 6.07) is 0.135. The van der Waals surface area contributed by atoms with Crippen LogP contribution in [0.15, 0.2) is 15.8 Å². The first-order chi connectivity index (χ1) is 8.42. The summed E-state index contributed by atoms with van der Waals surface area (Å²) >= 11 is 0. The molecule has 1 heterocycles. The van der Waals surface area contributed by atoms with Crippen LogP contribution in [-0.4, -0.2) is 24.7 Å². The van der Waals surface area contributed by atoms with Crippen LogP contribution in [0, 0.1) is 10.1 Å². The highest BCUT2D eigenvalue weighted by Crippen LogP contribution is 2.36. The molecule has 0 spiro atoms. The monoisotopic (exact) mass is 322 g/mol. The maximum Gasteiger partial charge on any atom is 0.573 e. The molecule has 0 aliphatic rings. The molecule has 19 heavy (non-hydrogen) atoms. The number of aromatic amines is 1. The quantitative estimate of drug-likeness (QED) is 0.505. The van der Waals surface area contributed by atoms with Gasteiger partial charge in [0.15, 0.2) is 0 Å². The number of alkyl halides is 3. The van der Waals surface area contributed by atoms with Crippen molar-refractivity contribution in [3.8, 4) is 5.75 Å². The van der Waals surface area contributed by atoms with Crippen LogP contribution in [0.5, 0.6) is 5.75 Å². The van der Waals surface area contributed by atoms with E-state index in [-0.39, 0.29) is 6.07 Å². The molecule has 13 heteroatoms. The van der Waals surface area contributed by atoms with Crippen molar-refractivity contribution < 1.29 is 31.2 Å². The van der Waals surface area contributed by atoms with Crippen molar-refractivity contribution in [2.75, 3.05) is 0 Å². The van der Waals surface area contributed by atoms with Crippen molar-refractivity contribution in [2.24, 2.45) is 0 Å². The Kier molecular flexibility index (Phi) is 3.77. The molecule has 106 valence electrons. The fraction of sp³-hybridized carbons (Fsp3) is 0.167. The second-order valence-electron chi connectivity index (χ2n) is 2.92. The molecular weight excluding hydrogens is 321 g/mol. The van der Waals surface area contributed by atoms with E-state index in [1.165, 1.54) is 4.98 Å². The van der Waals surface area contributed by atoms with E-state index >= 15 is 0 Å². The van der Waals surface area contributed by atoms with E-state index in [1.54, 1.807) is 0 Å². The molecule has 0 aliphatic heterocycles. The highest BCUT2D eigenvalue weighted by atomic mass is 35.7. The molecule has 0 atom stereocenters. The molecule has 0 amide bonds. The summed E-state index contributed by atoms with van der Waals surface area (Å²) in [5.74, 6) is -3.30. The number of hydrogen-bond acceptors (Lipinski definition) is 6. The van der Waals surface area contributed by atoms with Gasteiger partial charge in [-0.3, -0.25) is 0 Å². The van der Waals surface area contributed by atoms with Crippen molar-refractivity contribution in [1.29, 1.82) is 0 Å². The zero-order valence-electron chi connectivity index (χ0n) is 8.39. The number of aromatic nitrogens is 1. The van der Waals surface area contributed by atoms with Crippen LogP contribution in [0.25, 0.3) is 0 Å². The average Bonchev–Trinajstić information content (AvgIpc) is 2.16. The summed E-state index contributed by atoms with van der Waals surface area (Å²) in [4.78, 5) is 20.0. The van der Waals surface area contributed by atoms with E-state index in [9.17, 15) is 36.5 Å². The average molecular weight is 323 g/mol. The fourth-order valence-corrected chi connectivity index (χ4v) is 1.99. The molecule has 0 saturated heterocycles. The van der Waals surface area contributed by atoms with Gasteiger partial charge in [-0.15, -0.1) is 13.2 Å². The van der Waals surface area contributed by atoms with Crippen LogP contribution in [0.2, 0.25) is 0 Å². The molecule has 0 aliphatic carbocycles. The third kappa shape index (κ3) is 3.82. The van der Waals surface area contributed by atoms with Crippen LogP contribution in [0.1, 0.15) is 0 Å². The van der Waals surface area contributed by atoms with Gasteiger partial charge in [0.25, 0.3) is 9.05 Å². The molecule has 0 saturated carbocycles. The van der Waals surface area contributed by atoms with Gasteiger partial charge in [0.05, 0.1) is 6.07 Å². The van der Waals surface area contributed by atoms with Crippen LogP contribution >= 0.6 is 10.7 Å². The van der Waals surface area contributed by atoms with E-state index < -0.39 is 42.4 Å². The van der Waals surface area contributed by atoms with Gasteiger partial charge in [0, 0.05) is 10.7 Å². The van der Waals surface area contributed by atoms with Gasteiger partial charge >= 0.3 is 17.7 Å². The Morgan fingerprint density at radius 3 is 2.32 bits per heavy atom. The number of nitrogens with one attached hydrogen (secondary N) is 1. The first-order valence-corrected chi connectivity index (χ1v) is 6.35. The minimum Gasteiger partial charge on any atom is -0.395 e. The van der Waals surface area contributed by atoms with Crippen molar-refractivity contribution in [3.63, 3.8) is 0 Å². The summed E-state index contributed by atoms with van der Waals surface area (Å²) in [5, 5.41) is 10.5.